The number of nitrogens with one attached hydrogen (secondary N) is 1. The van der Waals surface area contributed by atoms with Gasteiger partial charge in [-0.05, 0) is 28.8 Å². The lowest BCUT2D eigenvalue weighted by Gasteiger charge is -2.39. The molecule has 0 aromatic heterocycles. The lowest BCUT2D eigenvalue weighted by Crippen LogP contribution is -2.49. The van der Waals surface area contributed by atoms with Crippen molar-refractivity contribution in [1.29, 1.82) is 0 Å². The van der Waals surface area contributed by atoms with E-state index in [2.05, 4.69) is 75.8 Å². The van der Waals surface area contributed by atoms with Gasteiger partial charge >= 0.3 is 0 Å². The number of hydrogen-bond acceptors (Lipinski definition) is 6. The van der Waals surface area contributed by atoms with Crippen molar-refractivity contribution in [3.8, 4) is 17.2 Å². The second kappa shape index (κ2) is 14.9. The molecule has 0 radical (unpaired) electrons. The van der Waals surface area contributed by atoms with Crippen molar-refractivity contribution in [1.82, 2.24) is 15.1 Å². The average molecular weight is 542 g/mol. The van der Waals surface area contributed by atoms with Crippen molar-refractivity contribution in [2.24, 2.45) is 0 Å². The van der Waals surface area contributed by atoms with E-state index in [1.54, 1.807) is 27.4 Å². The molecule has 3 aromatic carbocycles. The molecule has 210 valence electrons. The van der Waals surface area contributed by atoms with Crippen LogP contribution < -0.4 is 19.5 Å². The van der Waals surface area contributed by atoms with Crippen LogP contribution in [0.1, 0.15) is 22.7 Å². The van der Waals surface area contributed by atoms with Crippen molar-refractivity contribution in [2.75, 3.05) is 60.6 Å². The number of carbonyl (C=O) groups is 1. The Labute approximate surface area is 237 Å². The summed E-state index contributed by atoms with van der Waals surface area (Å²) >= 11 is 0. The van der Waals surface area contributed by atoms with Crippen molar-refractivity contribution >= 4 is 12.0 Å². The van der Waals surface area contributed by atoms with Gasteiger partial charge < -0.3 is 19.5 Å². The molecule has 7 nitrogen and oxygen atoms in total. The Balaban J connectivity index is 1.23. The maximum Gasteiger partial charge on any atom is 0.244 e. The molecule has 1 amide bonds. The zero-order valence-corrected chi connectivity index (χ0v) is 23.6. The molecule has 1 saturated heterocycles. The minimum absolute atomic E-state index is 0.110. The van der Waals surface area contributed by atoms with Crippen LogP contribution in [0.4, 0.5) is 0 Å². The molecule has 3 aromatic rings. The smallest absolute Gasteiger partial charge is 0.244 e. The third kappa shape index (κ3) is 7.74. The molecule has 1 aliphatic rings. The van der Waals surface area contributed by atoms with Gasteiger partial charge in [0, 0.05) is 45.3 Å². The first-order chi connectivity index (χ1) is 19.6. The topological polar surface area (TPSA) is 63.3 Å². The number of benzene rings is 3. The number of ether oxygens (including phenoxy) is 3. The fraction of sp³-hybridized carbons (Fsp3) is 0.303. The molecular formula is C33H39N3O4. The Morgan fingerprint density at radius 1 is 0.825 bits per heavy atom. The average Bonchev–Trinajstić information content (AvgIpc) is 3.00. The quantitative estimate of drug-likeness (QED) is 0.262. The Bertz CT molecular complexity index is 1200. The largest absolute Gasteiger partial charge is 0.493 e. The zero-order valence-electron chi connectivity index (χ0n) is 23.6. The molecule has 1 aliphatic heterocycles. The van der Waals surface area contributed by atoms with Crippen LogP contribution in [-0.2, 0) is 4.79 Å². The van der Waals surface area contributed by atoms with Gasteiger partial charge in [-0.3, -0.25) is 14.6 Å². The zero-order chi connectivity index (χ0) is 28.2. The molecule has 4 rings (SSSR count). The molecule has 0 spiro atoms. The summed E-state index contributed by atoms with van der Waals surface area (Å²) in [7, 11) is 4.74. The molecule has 40 heavy (non-hydrogen) atoms. The van der Waals surface area contributed by atoms with Crippen LogP contribution in [0.15, 0.2) is 91.0 Å². The van der Waals surface area contributed by atoms with Crippen LogP contribution in [0.2, 0.25) is 0 Å². The van der Waals surface area contributed by atoms with Crippen LogP contribution in [0.3, 0.4) is 0 Å². The molecular weight excluding hydrogens is 502 g/mol. The molecule has 0 bridgehead atoms. The Kier molecular flexibility index (Phi) is 10.8. The van der Waals surface area contributed by atoms with Gasteiger partial charge in [-0.2, -0.15) is 0 Å². The third-order valence-corrected chi connectivity index (χ3v) is 7.06. The first kappa shape index (κ1) is 28.9. The van der Waals surface area contributed by atoms with Crippen LogP contribution in [-0.4, -0.2) is 76.3 Å². The summed E-state index contributed by atoms with van der Waals surface area (Å²) in [5.74, 6) is 1.60. The molecule has 1 heterocycles. The van der Waals surface area contributed by atoms with Crippen molar-refractivity contribution in [2.45, 2.75) is 6.04 Å². The number of rotatable bonds is 12. The summed E-state index contributed by atoms with van der Waals surface area (Å²) in [6.07, 6.45) is 6.96. The SMILES string of the molecule is COc1cc(C=CC=CC(=O)NCCN2CCN(C(c3ccccc3)c3ccccc3)CC2)cc(OC)c1OC. The molecule has 7 heteroatoms. The molecule has 1 N–H and O–H groups in total. The Morgan fingerprint density at radius 2 is 1.40 bits per heavy atom. The highest BCUT2D eigenvalue weighted by molar-refractivity contribution is 5.87. The van der Waals surface area contributed by atoms with Crippen LogP contribution >= 0.6 is 0 Å². The molecule has 0 atom stereocenters. The lowest BCUT2D eigenvalue weighted by molar-refractivity contribution is -0.116. The van der Waals surface area contributed by atoms with E-state index in [-0.39, 0.29) is 11.9 Å². The standard InChI is InChI=1S/C33H39N3O4/c1-38-29-24-26(25-30(39-2)33(29)40-3)12-10-11-17-31(37)34-18-19-35-20-22-36(23-21-35)32(27-13-6-4-7-14-27)28-15-8-5-9-16-28/h4-17,24-25,32H,18-23H2,1-3H3,(H,34,37). The van der Waals surface area contributed by atoms with E-state index < -0.39 is 0 Å². The first-order valence-electron chi connectivity index (χ1n) is 13.6. The van der Waals surface area contributed by atoms with Gasteiger partial charge in [0.05, 0.1) is 27.4 Å². The fourth-order valence-corrected chi connectivity index (χ4v) is 5.03. The molecule has 0 saturated carbocycles. The van der Waals surface area contributed by atoms with Crippen LogP contribution in [0, 0.1) is 0 Å². The second-order valence-corrected chi connectivity index (χ2v) is 9.57. The van der Waals surface area contributed by atoms with E-state index in [1.165, 1.54) is 17.2 Å². The third-order valence-electron chi connectivity index (χ3n) is 7.06. The maximum absolute atomic E-state index is 12.3. The summed E-state index contributed by atoms with van der Waals surface area (Å²) in [5.41, 5.74) is 3.52. The van der Waals surface area contributed by atoms with Crippen molar-refractivity contribution < 1.29 is 19.0 Å². The number of allylic oxidation sites excluding steroid dienone is 2. The number of carbonyl (C=O) groups excluding carboxylic acids is 1. The molecule has 0 aliphatic carbocycles. The normalized spacial score (nSPS) is 14.6. The van der Waals surface area contributed by atoms with E-state index in [0.29, 0.717) is 23.8 Å². The summed E-state index contributed by atoms with van der Waals surface area (Å²) < 4.78 is 16.1. The number of piperazine rings is 1. The van der Waals surface area contributed by atoms with E-state index in [0.717, 1.165) is 38.3 Å². The number of nitrogens with zero attached hydrogens (tertiary/aromatic N) is 2. The highest BCUT2D eigenvalue weighted by Gasteiger charge is 2.26. The lowest BCUT2D eigenvalue weighted by atomic mass is 9.96. The minimum Gasteiger partial charge on any atom is -0.493 e. The predicted octanol–water partition coefficient (Wildman–Crippen LogP) is 4.81. The Hall–Kier alpha value is -4.07. The van der Waals surface area contributed by atoms with Gasteiger partial charge in [-0.1, -0.05) is 78.9 Å². The monoisotopic (exact) mass is 541 g/mol. The van der Waals surface area contributed by atoms with Gasteiger partial charge in [0.2, 0.25) is 11.7 Å². The summed E-state index contributed by atoms with van der Waals surface area (Å²) in [6, 6.07) is 25.4. The minimum atomic E-state index is -0.110. The number of methoxy groups -OCH3 is 3. The number of hydrogen-bond donors (Lipinski definition) is 1. The van der Waals surface area contributed by atoms with E-state index >= 15 is 0 Å². The highest BCUT2D eigenvalue weighted by atomic mass is 16.5. The molecule has 1 fully saturated rings. The van der Waals surface area contributed by atoms with Gasteiger partial charge in [-0.15, -0.1) is 0 Å². The van der Waals surface area contributed by atoms with Crippen molar-refractivity contribution in [3.63, 3.8) is 0 Å². The van der Waals surface area contributed by atoms with E-state index in [1.807, 2.05) is 24.3 Å². The fourth-order valence-electron chi connectivity index (χ4n) is 5.03. The summed E-state index contributed by atoms with van der Waals surface area (Å²) in [5, 5.41) is 2.99. The predicted molar refractivity (Wildman–Crippen MR) is 160 cm³/mol. The maximum atomic E-state index is 12.3. The first-order valence-corrected chi connectivity index (χ1v) is 13.6. The second-order valence-electron chi connectivity index (χ2n) is 9.57. The van der Waals surface area contributed by atoms with E-state index in [4.69, 9.17) is 14.2 Å². The van der Waals surface area contributed by atoms with Crippen LogP contribution in [0.5, 0.6) is 17.2 Å². The Morgan fingerprint density at radius 3 is 1.93 bits per heavy atom. The number of amides is 1. The molecule has 0 unspecified atom stereocenters. The van der Waals surface area contributed by atoms with Gasteiger partial charge in [0.15, 0.2) is 11.5 Å². The van der Waals surface area contributed by atoms with Gasteiger partial charge in [0.25, 0.3) is 0 Å². The summed E-state index contributed by atoms with van der Waals surface area (Å²) in [6.45, 7) is 5.34. The van der Waals surface area contributed by atoms with Gasteiger partial charge in [-0.25, -0.2) is 0 Å². The highest BCUT2D eigenvalue weighted by Crippen LogP contribution is 2.38. The van der Waals surface area contributed by atoms with Gasteiger partial charge in [0.1, 0.15) is 0 Å². The van der Waals surface area contributed by atoms with E-state index in [9.17, 15) is 4.79 Å². The van der Waals surface area contributed by atoms with Crippen LogP contribution in [0.25, 0.3) is 6.08 Å². The van der Waals surface area contributed by atoms with Crippen molar-refractivity contribution in [3.05, 3.63) is 108 Å². The summed E-state index contributed by atoms with van der Waals surface area (Å²) in [4.78, 5) is 17.3.